The Morgan fingerprint density at radius 2 is 1.84 bits per heavy atom. The number of aryl methyl sites for hydroxylation is 1. The maximum Gasteiger partial charge on any atom is 0.253 e. The molecule has 25 heavy (non-hydrogen) atoms. The quantitative estimate of drug-likeness (QED) is 0.759. The van der Waals surface area contributed by atoms with Crippen molar-refractivity contribution >= 4 is 21.6 Å². The maximum absolute atomic E-state index is 12.9. The van der Waals surface area contributed by atoms with Crippen molar-refractivity contribution < 1.29 is 13.2 Å². The van der Waals surface area contributed by atoms with E-state index in [1.807, 2.05) is 6.92 Å². The summed E-state index contributed by atoms with van der Waals surface area (Å²) in [5.41, 5.74) is 7.76. The van der Waals surface area contributed by atoms with Crippen molar-refractivity contribution in [3.05, 3.63) is 29.3 Å². The summed E-state index contributed by atoms with van der Waals surface area (Å²) in [6, 6.07) is 5.52. The second-order valence-electron chi connectivity index (χ2n) is 7.61. The van der Waals surface area contributed by atoms with Crippen LogP contribution >= 0.6 is 0 Å². The van der Waals surface area contributed by atoms with Crippen LogP contribution in [0.5, 0.6) is 0 Å². The molecule has 0 heterocycles. The van der Waals surface area contributed by atoms with Crippen LogP contribution in [0, 0.1) is 18.8 Å². The molecule has 0 spiro atoms. The Hall–Kier alpha value is -1.60. The minimum absolute atomic E-state index is 0.132. The first kappa shape index (κ1) is 18.2. The van der Waals surface area contributed by atoms with E-state index in [1.165, 1.54) is 6.42 Å². The lowest BCUT2D eigenvalue weighted by Gasteiger charge is -2.45. The van der Waals surface area contributed by atoms with Crippen LogP contribution < -0.4 is 15.8 Å². The first-order chi connectivity index (χ1) is 11.7. The minimum atomic E-state index is -3.45. The zero-order chi connectivity index (χ0) is 18.2. The van der Waals surface area contributed by atoms with E-state index in [0.717, 1.165) is 37.5 Å². The minimum Gasteiger partial charge on any atom is -0.349 e. The third-order valence-corrected chi connectivity index (χ3v) is 5.98. The van der Waals surface area contributed by atoms with Crippen molar-refractivity contribution in [2.75, 3.05) is 11.0 Å². The van der Waals surface area contributed by atoms with Gasteiger partial charge in [-0.1, -0.05) is 18.1 Å². The smallest absolute Gasteiger partial charge is 0.253 e. The fourth-order valence-electron chi connectivity index (χ4n) is 4.39. The van der Waals surface area contributed by atoms with Gasteiger partial charge in [0.05, 0.1) is 17.5 Å². The van der Waals surface area contributed by atoms with E-state index in [1.54, 1.807) is 18.2 Å². The van der Waals surface area contributed by atoms with E-state index in [4.69, 9.17) is 5.73 Å². The molecule has 0 radical (unpaired) electrons. The number of hydrogen-bond acceptors (Lipinski definition) is 4. The van der Waals surface area contributed by atoms with Gasteiger partial charge in [-0.3, -0.25) is 9.52 Å². The Labute approximate surface area is 149 Å². The third kappa shape index (κ3) is 4.33. The predicted molar refractivity (Wildman–Crippen MR) is 98.9 cm³/mol. The van der Waals surface area contributed by atoms with Crippen LogP contribution in [-0.4, -0.2) is 32.7 Å². The Morgan fingerprint density at radius 3 is 2.44 bits per heavy atom. The van der Waals surface area contributed by atoms with Crippen LogP contribution in [0.4, 0.5) is 5.69 Å². The van der Waals surface area contributed by atoms with Gasteiger partial charge in [0.25, 0.3) is 5.91 Å². The van der Waals surface area contributed by atoms with Gasteiger partial charge in [0.15, 0.2) is 0 Å². The number of nitrogens with two attached hydrogens (primary N) is 1. The number of carbonyl (C=O) groups is 1. The number of anilines is 1. The van der Waals surface area contributed by atoms with Gasteiger partial charge < -0.3 is 11.1 Å². The highest BCUT2D eigenvalue weighted by molar-refractivity contribution is 7.92. The monoisotopic (exact) mass is 365 g/mol. The number of amides is 1. The fourth-order valence-corrected chi connectivity index (χ4v) is 4.97. The van der Waals surface area contributed by atoms with Gasteiger partial charge in [-0.15, -0.1) is 0 Å². The molecule has 2 fully saturated rings. The number of benzene rings is 1. The van der Waals surface area contributed by atoms with Crippen LogP contribution in [0.15, 0.2) is 18.2 Å². The molecule has 6 nitrogen and oxygen atoms in total. The van der Waals surface area contributed by atoms with E-state index in [9.17, 15) is 13.2 Å². The summed E-state index contributed by atoms with van der Waals surface area (Å²) in [7, 11) is -3.45. The first-order valence-electron chi connectivity index (χ1n) is 8.88. The molecule has 2 aliphatic carbocycles. The molecule has 7 heteroatoms. The molecule has 2 saturated carbocycles. The molecule has 138 valence electrons. The number of sulfonamides is 1. The van der Waals surface area contributed by atoms with Gasteiger partial charge in [-0.05, 0) is 56.6 Å². The molecule has 1 aromatic rings. The number of fused-ring (bicyclic) bond motifs is 2. The molecule has 2 aliphatic rings. The summed E-state index contributed by atoms with van der Waals surface area (Å²) < 4.78 is 25.6. The molecule has 0 aromatic heterocycles. The van der Waals surface area contributed by atoms with Gasteiger partial charge >= 0.3 is 0 Å². The Morgan fingerprint density at radius 1 is 1.20 bits per heavy atom. The third-order valence-electron chi connectivity index (χ3n) is 5.39. The molecule has 0 saturated heterocycles. The van der Waals surface area contributed by atoms with Gasteiger partial charge in [-0.2, -0.15) is 0 Å². The molecule has 1 amide bonds. The second kappa shape index (κ2) is 6.96. The topological polar surface area (TPSA) is 101 Å². The molecular weight excluding hydrogens is 338 g/mol. The fraction of sp³-hybridized carbons (Fsp3) is 0.611. The van der Waals surface area contributed by atoms with Crippen molar-refractivity contribution in [3.63, 3.8) is 0 Å². The lowest BCUT2D eigenvalue weighted by atomic mass is 9.67. The number of carbonyl (C=O) groups excluding carboxylic acids is 1. The highest BCUT2D eigenvalue weighted by atomic mass is 32.2. The number of nitrogens with one attached hydrogen (secondary N) is 2. The molecule has 2 bridgehead atoms. The van der Waals surface area contributed by atoms with Gasteiger partial charge in [0.1, 0.15) is 0 Å². The lowest BCUT2D eigenvalue weighted by molar-refractivity contribution is 0.0756. The van der Waals surface area contributed by atoms with Gasteiger partial charge in [0, 0.05) is 12.1 Å². The molecule has 2 atom stereocenters. The van der Waals surface area contributed by atoms with E-state index in [-0.39, 0.29) is 18.0 Å². The summed E-state index contributed by atoms with van der Waals surface area (Å²) in [4.78, 5) is 12.9. The molecule has 4 N–H and O–H groups in total. The van der Waals surface area contributed by atoms with Crippen molar-refractivity contribution in [2.24, 2.45) is 17.6 Å². The van der Waals surface area contributed by atoms with Crippen LogP contribution in [0.3, 0.4) is 0 Å². The van der Waals surface area contributed by atoms with Crippen LogP contribution in [0.25, 0.3) is 0 Å². The van der Waals surface area contributed by atoms with Gasteiger partial charge in [0.2, 0.25) is 10.0 Å². The summed E-state index contributed by atoms with van der Waals surface area (Å²) in [6.45, 7) is 1.88. The Bertz CT molecular complexity index is 749. The summed E-state index contributed by atoms with van der Waals surface area (Å²) in [5, 5.41) is 3.18. The van der Waals surface area contributed by atoms with Crippen molar-refractivity contribution in [1.29, 1.82) is 0 Å². The van der Waals surface area contributed by atoms with Crippen LogP contribution in [-0.2, 0) is 10.0 Å². The van der Waals surface area contributed by atoms with Crippen LogP contribution in [0.2, 0.25) is 0 Å². The average molecular weight is 365 g/mol. The van der Waals surface area contributed by atoms with Gasteiger partial charge in [-0.25, -0.2) is 8.42 Å². The maximum atomic E-state index is 12.9. The zero-order valence-electron chi connectivity index (χ0n) is 14.8. The number of rotatable bonds is 4. The van der Waals surface area contributed by atoms with Crippen molar-refractivity contribution in [2.45, 2.75) is 51.1 Å². The lowest BCUT2D eigenvalue weighted by Crippen LogP contribution is -2.53. The molecule has 0 aliphatic heterocycles. The molecule has 1 aromatic carbocycles. The Kier molecular flexibility index (Phi) is 5.06. The highest BCUT2D eigenvalue weighted by Gasteiger charge is 2.40. The molecular formula is C18H27N3O3S. The Balaban J connectivity index is 1.82. The van der Waals surface area contributed by atoms with E-state index < -0.39 is 10.0 Å². The normalized spacial score (nSPS) is 29.1. The average Bonchev–Trinajstić information content (AvgIpc) is 2.48. The van der Waals surface area contributed by atoms with E-state index in [0.29, 0.717) is 23.1 Å². The predicted octanol–water partition coefficient (Wildman–Crippen LogP) is 2.00. The van der Waals surface area contributed by atoms with Crippen LogP contribution in [0.1, 0.15) is 48.0 Å². The summed E-state index contributed by atoms with van der Waals surface area (Å²) in [5.74, 6) is 0.623. The SMILES string of the molecule is Cc1ccc(NS(C)(=O)=O)c(C(=O)NC2C3CCCC2CC(N)C3)c1. The summed E-state index contributed by atoms with van der Waals surface area (Å²) in [6.07, 6.45) is 6.36. The standard InChI is InChI=1S/C18H27N3O3S/c1-11-6-7-16(21-25(2,23)24)15(8-11)18(22)20-17-12-4-3-5-13(17)10-14(19)9-12/h6-8,12-14,17,21H,3-5,9-10,19H2,1-2H3,(H,20,22). The first-order valence-corrected chi connectivity index (χ1v) is 10.8. The molecule has 3 rings (SSSR count). The van der Waals surface area contributed by atoms with E-state index >= 15 is 0 Å². The highest BCUT2D eigenvalue weighted by Crippen LogP contribution is 2.39. The molecule has 2 unspecified atom stereocenters. The van der Waals surface area contributed by atoms with Crippen molar-refractivity contribution in [3.8, 4) is 0 Å². The van der Waals surface area contributed by atoms with E-state index in [2.05, 4.69) is 10.0 Å². The largest absolute Gasteiger partial charge is 0.349 e. The zero-order valence-corrected chi connectivity index (χ0v) is 15.6. The van der Waals surface area contributed by atoms with Crippen molar-refractivity contribution in [1.82, 2.24) is 5.32 Å². The second-order valence-corrected chi connectivity index (χ2v) is 9.35. The number of hydrogen-bond donors (Lipinski definition) is 3. The summed E-state index contributed by atoms with van der Waals surface area (Å²) >= 11 is 0.